The SMILES string of the molecule is CCC[C@](C)(OC)[C@H](NC(C)=O)[C@H]1[C@H](NC=NN)C[C@H](C(=O)O)N1C(=O)OC(C)(C)C. The molecule has 178 valence electrons. The third kappa shape index (κ3) is 6.71. The van der Waals surface area contributed by atoms with Gasteiger partial charge in [0.1, 0.15) is 18.0 Å². The Morgan fingerprint density at radius 3 is 2.35 bits per heavy atom. The van der Waals surface area contributed by atoms with Crippen molar-refractivity contribution in [2.24, 2.45) is 10.9 Å². The van der Waals surface area contributed by atoms with Crippen molar-refractivity contribution < 1.29 is 29.0 Å². The van der Waals surface area contributed by atoms with Crippen molar-refractivity contribution in [1.29, 1.82) is 0 Å². The molecule has 1 fully saturated rings. The van der Waals surface area contributed by atoms with E-state index in [4.69, 9.17) is 15.3 Å². The second-order valence-corrected chi connectivity index (χ2v) is 8.96. The van der Waals surface area contributed by atoms with Crippen LogP contribution in [-0.2, 0) is 19.1 Å². The smallest absolute Gasteiger partial charge is 0.411 e. The number of hydrazone groups is 1. The summed E-state index contributed by atoms with van der Waals surface area (Å²) in [7, 11) is 1.52. The molecule has 1 saturated heterocycles. The number of amides is 2. The Kier molecular flexibility index (Phi) is 9.10. The lowest BCUT2D eigenvalue weighted by molar-refractivity contribution is -0.143. The van der Waals surface area contributed by atoms with Gasteiger partial charge in [-0.05, 0) is 34.1 Å². The number of nitrogens with zero attached hydrogens (tertiary/aromatic N) is 2. The van der Waals surface area contributed by atoms with E-state index in [1.165, 1.54) is 25.3 Å². The number of nitrogens with one attached hydrogen (secondary N) is 2. The Hall–Kier alpha value is -2.56. The molecule has 2 amide bonds. The minimum atomic E-state index is -1.18. The zero-order chi connectivity index (χ0) is 24.0. The number of aliphatic carboxylic acids is 1. The molecule has 0 saturated carbocycles. The highest BCUT2D eigenvalue weighted by molar-refractivity contribution is 5.82. The number of carboxylic acid groups (broad SMARTS) is 1. The number of likely N-dealkylation sites (tertiary alicyclic amines) is 1. The zero-order valence-electron chi connectivity index (χ0n) is 19.5. The monoisotopic (exact) mass is 443 g/mol. The number of carbonyl (C=O) groups is 3. The number of ether oxygens (including phenoxy) is 2. The highest BCUT2D eigenvalue weighted by atomic mass is 16.6. The quantitative estimate of drug-likeness (QED) is 0.178. The van der Waals surface area contributed by atoms with Crippen LogP contribution in [0.1, 0.15) is 60.8 Å². The number of rotatable bonds is 9. The summed E-state index contributed by atoms with van der Waals surface area (Å²) in [4.78, 5) is 38.6. The van der Waals surface area contributed by atoms with Gasteiger partial charge in [0.25, 0.3) is 0 Å². The topological polar surface area (TPSA) is 156 Å². The van der Waals surface area contributed by atoms with Crippen molar-refractivity contribution in [3.8, 4) is 0 Å². The molecule has 0 aromatic carbocycles. The Bertz CT molecular complexity index is 679. The number of carbonyl (C=O) groups excluding carboxylic acids is 2. The average Bonchev–Trinajstić information content (AvgIpc) is 3.02. The van der Waals surface area contributed by atoms with Gasteiger partial charge in [-0.1, -0.05) is 13.3 Å². The molecule has 0 radical (unpaired) electrons. The maximum Gasteiger partial charge on any atom is 0.411 e. The predicted molar refractivity (Wildman–Crippen MR) is 115 cm³/mol. The number of methoxy groups -OCH3 is 1. The van der Waals surface area contributed by atoms with E-state index in [0.717, 1.165) is 6.42 Å². The third-order valence-electron chi connectivity index (χ3n) is 5.37. The van der Waals surface area contributed by atoms with Crippen molar-refractivity contribution >= 4 is 24.3 Å². The van der Waals surface area contributed by atoms with Crippen LogP contribution in [0, 0.1) is 0 Å². The van der Waals surface area contributed by atoms with Gasteiger partial charge in [-0.15, -0.1) is 0 Å². The maximum atomic E-state index is 13.2. The fourth-order valence-corrected chi connectivity index (χ4v) is 4.08. The van der Waals surface area contributed by atoms with Gasteiger partial charge in [-0.25, -0.2) is 9.59 Å². The van der Waals surface area contributed by atoms with Crippen LogP contribution < -0.4 is 16.5 Å². The lowest BCUT2D eigenvalue weighted by Gasteiger charge is -2.45. The van der Waals surface area contributed by atoms with Gasteiger partial charge in [0.15, 0.2) is 0 Å². The first kappa shape index (κ1) is 26.5. The highest BCUT2D eigenvalue weighted by Crippen LogP contribution is 2.35. The third-order valence-corrected chi connectivity index (χ3v) is 5.37. The molecule has 11 nitrogen and oxygen atoms in total. The molecule has 0 aliphatic carbocycles. The summed E-state index contributed by atoms with van der Waals surface area (Å²) >= 11 is 0. The number of nitrogens with two attached hydrogens (primary N) is 1. The van der Waals surface area contributed by atoms with Crippen LogP contribution >= 0.6 is 0 Å². The van der Waals surface area contributed by atoms with Crippen LogP contribution in [0.5, 0.6) is 0 Å². The number of carboxylic acids is 1. The van der Waals surface area contributed by atoms with Crippen LogP contribution in [0.15, 0.2) is 5.10 Å². The fraction of sp³-hybridized carbons (Fsp3) is 0.800. The molecule has 1 heterocycles. The average molecular weight is 444 g/mol. The maximum absolute atomic E-state index is 13.2. The zero-order valence-corrected chi connectivity index (χ0v) is 19.5. The van der Waals surface area contributed by atoms with Gasteiger partial charge in [0.05, 0.1) is 23.7 Å². The van der Waals surface area contributed by atoms with Crippen LogP contribution in [0.3, 0.4) is 0 Å². The van der Waals surface area contributed by atoms with E-state index in [-0.39, 0.29) is 12.3 Å². The Labute approximate surface area is 183 Å². The summed E-state index contributed by atoms with van der Waals surface area (Å²) in [6.07, 6.45) is 1.81. The summed E-state index contributed by atoms with van der Waals surface area (Å²) < 4.78 is 11.3. The van der Waals surface area contributed by atoms with E-state index < -0.39 is 47.4 Å². The van der Waals surface area contributed by atoms with Gasteiger partial charge >= 0.3 is 12.1 Å². The first-order valence-electron chi connectivity index (χ1n) is 10.4. The van der Waals surface area contributed by atoms with Crippen LogP contribution in [-0.4, -0.2) is 76.8 Å². The molecule has 11 heteroatoms. The van der Waals surface area contributed by atoms with E-state index in [1.54, 1.807) is 20.8 Å². The highest BCUT2D eigenvalue weighted by Gasteiger charge is 2.55. The van der Waals surface area contributed by atoms with E-state index >= 15 is 0 Å². The minimum absolute atomic E-state index is 0.0628. The summed E-state index contributed by atoms with van der Waals surface area (Å²) in [5.41, 5.74) is -1.73. The molecular formula is C20H37N5O6. The lowest BCUT2D eigenvalue weighted by atomic mass is 9.83. The van der Waals surface area contributed by atoms with E-state index in [9.17, 15) is 19.5 Å². The molecular weight excluding hydrogens is 406 g/mol. The van der Waals surface area contributed by atoms with Crippen LogP contribution in [0.4, 0.5) is 4.79 Å². The van der Waals surface area contributed by atoms with E-state index in [2.05, 4.69) is 15.7 Å². The Morgan fingerprint density at radius 2 is 1.94 bits per heavy atom. The molecule has 31 heavy (non-hydrogen) atoms. The summed E-state index contributed by atoms with van der Waals surface area (Å²) in [6, 6.07) is -3.31. The van der Waals surface area contributed by atoms with Crippen molar-refractivity contribution in [1.82, 2.24) is 15.5 Å². The molecule has 1 aliphatic rings. The van der Waals surface area contributed by atoms with Crippen molar-refractivity contribution in [3.63, 3.8) is 0 Å². The molecule has 0 aromatic rings. The first-order chi connectivity index (χ1) is 14.3. The number of hydrogen-bond acceptors (Lipinski definition) is 7. The Morgan fingerprint density at radius 1 is 1.32 bits per heavy atom. The van der Waals surface area contributed by atoms with Gasteiger partial charge in [-0.2, -0.15) is 5.10 Å². The fourth-order valence-electron chi connectivity index (χ4n) is 4.08. The summed E-state index contributed by atoms with van der Waals surface area (Å²) in [5.74, 6) is 3.72. The van der Waals surface area contributed by atoms with Gasteiger partial charge < -0.3 is 31.1 Å². The van der Waals surface area contributed by atoms with Crippen molar-refractivity contribution in [2.45, 2.75) is 96.2 Å². The normalized spacial score (nSPS) is 24.5. The molecule has 1 rings (SSSR count). The molecule has 5 N–H and O–H groups in total. The molecule has 0 unspecified atom stereocenters. The standard InChI is InChI=1S/C20H37N5O6/c1-8-9-20(6,30-7)16(24-12(2)26)15-13(22-11-23-21)10-14(17(27)28)25(15)18(29)31-19(3,4)5/h11,13-16H,8-10,21H2,1-7H3,(H,22,23)(H,24,26)(H,27,28)/t13-,14-,15-,16-,20+/m1/s1. The minimum Gasteiger partial charge on any atom is -0.480 e. The number of hydrogen-bond donors (Lipinski definition) is 4. The molecule has 1 aliphatic heterocycles. The van der Waals surface area contributed by atoms with E-state index in [0.29, 0.717) is 6.42 Å². The van der Waals surface area contributed by atoms with E-state index in [1.807, 2.05) is 13.8 Å². The second kappa shape index (κ2) is 10.7. The van der Waals surface area contributed by atoms with Crippen LogP contribution in [0.25, 0.3) is 0 Å². The van der Waals surface area contributed by atoms with Gasteiger partial charge in [0, 0.05) is 20.5 Å². The van der Waals surface area contributed by atoms with Gasteiger partial charge in [0.2, 0.25) is 5.91 Å². The Balaban J connectivity index is 3.62. The van der Waals surface area contributed by atoms with Crippen LogP contribution in [0.2, 0.25) is 0 Å². The molecule has 0 bridgehead atoms. The predicted octanol–water partition coefficient (Wildman–Crippen LogP) is 1.02. The molecule has 0 aromatic heterocycles. The van der Waals surface area contributed by atoms with Crippen molar-refractivity contribution in [2.75, 3.05) is 7.11 Å². The summed E-state index contributed by atoms with van der Waals surface area (Å²) in [5, 5.41) is 19.2. The molecule has 5 atom stereocenters. The molecule has 0 spiro atoms. The second-order valence-electron chi connectivity index (χ2n) is 8.96. The first-order valence-corrected chi connectivity index (χ1v) is 10.4. The summed E-state index contributed by atoms with van der Waals surface area (Å²) in [6.45, 7) is 10.3. The van der Waals surface area contributed by atoms with Gasteiger partial charge in [-0.3, -0.25) is 9.69 Å². The van der Waals surface area contributed by atoms with Crippen molar-refractivity contribution in [3.05, 3.63) is 0 Å². The largest absolute Gasteiger partial charge is 0.480 e. The lowest BCUT2D eigenvalue weighted by Crippen LogP contribution is -2.66.